The van der Waals surface area contributed by atoms with Gasteiger partial charge in [-0.05, 0) is 11.8 Å². The van der Waals surface area contributed by atoms with Crippen LogP contribution in [0.1, 0.15) is 12.0 Å². The van der Waals surface area contributed by atoms with Crippen LogP contribution in [0.25, 0.3) is 0 Å². The van der Waals surface area contributed by atoms with E-state index in [-0.39, 0.29) is 17.0 Å². The Bertz CT molecular complexity index is 679. The van der Waals surface area contributed by atoms with Gasteiger partial charge in [-0.3, -0.25) is 9.69 Å². The number of amides is 1. The molecule has 122 valence electrons. The van der Waals surface area contributed by atoms with Crippen molar-refractivity contribution in [3.8, 4) is 0 Å². The third kappa shape index (κ3) is 3.00. The summed E-state index contributed by atoms with van der Waals surface area (Å²) in [5.41, 5.74) is 0.719. The second kappa shape index (κ2) is 6.43. The molecule has 0 bridgehead atoms. The molecule has 2 aliphatic heterocycles. The molecule has 23 heavy (non-hydrogen) atoms. The summed E-state index contributed by atoms with van der Waals surface area (Å²) in [6, 6.07) is 9.16. The summed E-state index contributed by atoms with van der Waals surface area (Å²) in [7, 11) is 0. The van der Waals surface area contributed by atoms with Crippen LogP contribution in [-0.4, -0.2) is 44.4 Å². The SMILES string of the molecule is CSC1CC(=O)N1C(C(=O)O)=C1SCC(O)(c2ccccc2)S1. The fraction of sp³-hybridized carbons (Fsp3) is 0.333. The first-order chi connectivity index (χ1) is 11.0. The van der Waals surface area contributed by atoms with Crippen molar-refractivity contribution in [2.45, 2.75) is 16.7 Å². The second-order valence-corrected chi connectivity index (χ2v) is 8.69. The van der Waals surface area contributed by atoms with Gasteiger partial charge >= 0.3 is 5.97 Å². The van der Waals surface area contributed by atoms with Gasteiger partial charge in [0, 0.05) is 5.75 Å². The average Bonchev–Trinajstić information content (AvgIpc) is 2.93. The highest BCUT2D eigenvalue weighted by atomic mass is 32.2. The fourth-order valence-corrected chi connectivity index (χ4v) is 6.11. The van der Waals surface area contributed by atoms with Gasteiger partial charge in [-0.25, -0.2) is 4.79 Å². The fourth-order valence-electron chi connectivity index (χ4n) is 2.47. The quantitative estimate of drug-likeness (QED) is 0.624. The molecule has 5 nitrogen and oxygen atoms in total. The Hall–Kier alpha value is -1.09. The Morgan fingerprint density at radius 1 is 1.39 bits per heavy atom. The molecule has 2 aliphatic rings. The maximum Gasteiger partial charge on any atom is 0.354 e. The number of aliphatic carboxylic acids is 1. The van der Waals surface area contributed by atoms with Crippen molar-refractivity contribution in [3.63, 3.8) is 0 Å². The number of carbonyl (C=O) groups is 2. The topological polar surface area (TPSA) is 77.8 Å². The third-order valence-electron chi connectivity index (χ3n) is 3.70. The van der Waals surface area contributed by atoms with E-state index in [0.717, 1.165) is 17.3 Å². The molecular weight excluding hydrogens is 354 g/mol. The van der Waals surface area contributed by atoms with E-state index in [0.29, 0.717) is 16.4 Å². The van der Waals surface area contributed by atoms with Crippen molar-refractivity contribution in [3.05, 3.63) is 45.8 Å². The van der Waals surface area contributed by atoms with E-state index in [1.165, 1.54) is 28.4 Å². The number of hydrogen-bond acceptors (Lipinski definition) is 6. The Balaban J connectivity index is 1.94. The predicted octanol–water partition coefficient (Wildman–Crippen LogP) is 2.49. The number of carboxylic acids is 1. The largest absolute Gasteiger partial charge is 0.477 e. The molecule has 2 atom stereocenters. The summed E-state index contributed by atoms with van der Waals surface area (Å²) in [5, 5.41) is 20.3. The number of nitrogens with zero attached hydrogens (tertiary/aromatic N) is 1. The lowest BCUT2D eigenvalue weighted by molar-refractivity contribution is -0.145. The predicted molar refractivity (Wildman–Crippen MR) is 93.8 cm³/mol. The van der Waals surface area contributed by atoms with Crippen LogP contribution in [0.3, 0.4) is 0 Å². The van der Waals surface area contributed by atoms with Crippen LogP contribution in [0.4, 0.5) is 0 Å². The lowest BCUT2D eigenvalue weighted by Crippen LogP contribution is -2.51. The maximum absolute atomic E-state index is 11.9. The molecule has 0 spiro atoms. The summed E-state index contributed by atoms with van der Waals surface area (Å²) in [5.74, 6) is -0.977. The van der Waals surface area contributed by atoms with Gasteiger partial charge in [0.1, 0.15) is 4.93 Å². The second-order valence-electron chi connectivity index (χ2n) is 5.14. The molecule has 2 heterocycles. The lowest BCUT2D eigenvalue weighted by Gasteiger charge is -2.39. The van der Waals surface area contributed by atoms with E-state index in [1.807, 2.05) is 36.6 Å². The average molecular weight is 369 g/mol. The van der Waals surface area contributed by atoms with Crippen LogP contribution < -0.4 is 0 Å². The number of likely N-dealkylation sites (tertiary alicyclic amines) is 1. The summed E-state index contributed by atoms with van der Waals surface area (Å²) in [6.07, 6.45) is 2.20. The lowest BCUT2D eigenvalue weighted by atomic mass is 10.1. The van der Waals surface area contributed by atoms with Crippen molar-refractivity contribution in [1.29, 1.82) is 0 Å². The highest BCUT2D eigenvalue weighted by Crippen LogP contribution is 2.55. The number of rotatable bonds is 4. The molecule has 2 fully saturated rings. The van der Waals surface area contributed by atoms with Crippen LogP contribution in [-0.2, 0) is 14.5 Å². The number of carboxylic acid groups (broad SMARTS) is 1. The van der Waals surface area contributed by atoms with Crippen molar-refractivity contribution < 1.29 is 19.8 Å². The van der Waals surface area contributed by atoms with Gasteiger partial charge in [0.05, 0.1) is 16.0 Å². The highest BCUT2D eigenvalue weighted by molar-refractivity contribution is 8.25. The number of carbonyl (C=O) groups excluding carboxylic acids is 1. The molecule has 1 amide bonds. The standard InChI is InChI=1S/C15H15NO4S3/c1-21-11-7-10(17)16(11)12(13(18)19)14-22-8-15(20,23-14)9-5-3-2-4-6-9/h2-6,11,20H,7-8H2,1H3,(H,18,19). The first-order valence-corrected chi connectivity index (χ1v) is 9.97. The number of thioether (sulfide) groups is 3. The Morgan fingerprint density at radius 3 is 2.65 bits per heavy atom. The van der Waals surface area contributed by atoms with Crippen molar-refractivity contribution in [1.82, 2.24) is 4.90 Å². The van der Waals surface area contributed by atoms with Gasteiger partial charge in [0.2, 0.25) is 5.91 Å². The molecule has 1 aromatic rings. The first-order valence-electron chi connectivity index (χ1n) is 6.88. The molecule has 0 aromatic heterocycles. The third-order valence-corrected chi connectivity index (χ3v) is 7.52. The van der Waals surface area contributed by atoms with E-state index in [1.54, 1.807) is 0 Å². The molecule has 2 N–H and O–H groups in total. The Morgan fingerprint density at radius 2 is 2.09 bits per heavy atom. The zero-order chi connectivity index (χ0) is 16.6. The minimum Gasteiger partial charge on any atom is -0.477 e. The summed E-state index contributed by atoms with van der Waals surface area (Å²) in [6.45, 7) is 0. The molecule has 1 aromatic carbocycles. The van der Waals surface area contributed by atoms with Gasteiger partial charge in [-0.1, -0.05) is 42.1 Å². The molecule has 0 aliphatic carbocycles. The van der Waals surface area contributed by atoms with Crippen LogP contribution in [0.15, 0.2) is 40.3 Å². The molecule has 0 radical (unpaired) electrons. The monoisotopic (exact) mass is 369 g/mol. The van der Waals surface area contributed by atoms with Crippen molar-refractivity contribution >= 4 is 47.2 Å². The molecular formula is C15H15NO4S3. The van der Waals surface area contributed by atoms with E-state index in [2.05, 4.69) is 0 Å². The Kier molecular flexibility index (Phi) is 4.68. The van der Waals surface area contributed by atoms with Crippen molar-refractivity contribution in [2.75, 3.05) is 12.0 Å². The molecule has 2 unspecified atom stereocenters. The van der Waals surface area contributed by atoms with Crippen molar-refractivity contribution in [2.24, 2.45) is 0 Å². The molecule has 8 heteroatoms. The summed E-state index contributed by atoms with van der Waals surface area (Å²) < 4.78 is 0.482. The van der Waals surface area contributed by atoms with Gasteiger partial charge in [0.15, 0.2) is 5.70 Å². The zero-order valence-corrected chi connectivity index (χ0v) is 14.7. The van der Waals surface area contributed by atoms with Gasteiger partial charge in [-0.2, -0.15) is 0 Å². The van der Waals surface area contributed by atoms with E-state index >= 15 is 0 Å². The normalized spacial score (nSPS) is 29.4. The van der Waals surface area contributed by atoms with E-state index < -0.39 is 10.9 Å². The highest BCUT2D eigenvalue weighted by Gasteiger charge is 2.46. The minimum atomic E-state index is -1.18. The number of β-lactam (4-membered cyclic amide) rings is 1. The maximum atomic E-state index is 11.9. The zero-order valence-electron chi connectivity index (χ0n) is 12.3. The molecule has 0 saturated carbocycles. The summed E-state index contributed by atoms with van der Waals surface area (Å²) in [4.78, 5) is 23.7. The number of hydrogen-bond donors (Lipinski definition) is 2. The number of benzene rings is 1. The van der Waals surface area contributed by atoms with Gasteiger partial charge < -0.3 is 10.2 Å². The van der Waals surface area contributed by atoms with E-state index in [9.17, 15) is 19.8 Å². The summed E-state index contributed by atoms with van der Waals surface area (Å²) >= 11 is 3.84. The van der Waals surface area contributed by atoms with Crippen LogP contribution in [0, 0.1) is 0 Å². The Labute approximate surface area is 146 Å². The van der Waals surface area contributed by atoms with E-state index in [4.69, 9.17) is 0 Å². The van der Waals surface area contributed by atoms with Crippen LogP contribution >= 0.6 is 35.3 Å². The smallest absolute Gasteiger partial charge is 0.354 e. The number of aliphatic hydroxyl groups is 1. The van der Waals surface area contributed by atoms with Crippen LogP contribution in [0.2, 0.25) is 0 Å². The van der Waals surface area contributed by atoms with Gasteiger partial charge in [-0.15, -0.1) is 23.5 Å². The van der Waals surface area contributed by atoms with Gasteiger partial charge in [0.25, 0.3) is 0 Å². The minimum absolute atomic E-state index is 0.0116. The molecule has 2 saturated heterocycles. The first kappa shape index (κ1) is 16.8. The van der Waals surface area contributed by atoms with Crippen LogP contribution in [0.5, 0.6) is 0 Å². The molecule has 3 rings (SSSR count).